The van der Waals surface area contributed by atoms with E-state index >= 15 is 0 Å². The van der Waals surface area contributed by atoms with Crippen molar-refractivity contribution in [1.29, 1.82) is 0 Å². The third-order valence-electron chi connectivity index (χ3n) is 3.43. The molecule has 0 spiro atoms. The van der Waals surface area contributed by atoms with Crippen molar-refractivity contribution < 1.29 is 24.5 Å². The summed E-state index contributed by atoms with van der Waals surface area (Å²) < 4.78 is 5.31. The van der Waals surface area contributed by atoms with Crippen LogP contribution in [0, 0.1) is 22.0 Å². The highest BCUT2D eigenvalue weighted by Gasteiger charge is 2.46. The van der Waals surface area contributed by atoms with Crippen LogP contribution in [0.1, 0.15) is 31.1 Å². The first-order valence-electron chi connectivity index (χ1n) is 7.25. The Hall–Kier alpha value is -3.12. The van der Waals surface area contributed by atoms with Crippen molar-refractivity contribution >= 4 is 11.8 Å². The van der Waals surface area contributed by atoms with E-state index in [0.29, 0.717) is 5.75 Å². The number of carbonyl (C=O) groups excluding carboxylic acids is 2. The van der Waals surface area contributed by atoms with E-state index in [1.165, 1.54) is 43.6 Å². The van der Waals surface area contributed by atoms with E-state index in [2.05, 4.69) is 17.2 Å². The van der Waals surface area contributed by atoms with Gasteiger partial charge in [-0.2, -0.15) is 0 Å². The zero-order valence-corrected chi connectivity index (χ0v) is 14.0. The van der Waals surface area contributed by atoms with Gasteiger partial charge in [0.15, 0.2) is 6.04 Å². The molecule has 1 aromatic rings. The molecule has 0 heterocycles. The van der Waals surface area contributed by atoms with Crippen molar-refractivity contribution in [2.45, 2.75) is 32.4 Å². The first-order valence-corrected chi connectivity index (χ1v) is 7.25. The molecule has 0 bridgehead atoms. The molecular weight excluding hydrogens is 330 g/mol. The van der Waals surface area contributed by atoms with Gasteiger partial charge < -0.3 is 10.1 Å². The molecule has 9 heteroatoms. The Labute approximate surface area is 144 Å². The van der Waals surface area contributed by atoms with Crippen LogP contribution in [0.2, 0.25) is 0 Å². The predicted octanol–water partition coefficient (Wildman–Crippen LogP) is 0.748. The summed E-state index contributed by atoms with van der Waals surface area (Å²) in [5.74, 6) is 4.10. The largest absolute Gasteiger partial charge is 0.481 e. The number of rotatable bonds is 7. The highest BCUT2D eigenvalue weighted by atomic mass is 16.6. The molecule has 3 N–H and O–H groups in total. The van der Waals surface area contributed by atoms with E-state index in [4.69, 9.17) is 9.94 Å². The van der Waals surface area contributed by atoms with Gasteiger partial charge in [0.2, 0.25) is 5.54 Å². The van der Waals surface area contributed by atoms with Gasteiger partial charge in [0.1, 0.15) is 12.4 Å². The fraction of sp³-hybridized carbons (Fsp3) is 0.375. The molecule has 0 radical (unpaired) electrons. The van der Waals surface area contributed by atoms with Crippen LogP contribution in [0.25, 0.3) is 0 Å². The highest BCUT2D eigenvalue weighted by Crippen LogP contribution is 2.16. The van der Waals surface area contributed by atoms with Crippen molar-refractivity contribution in [3.63, 3.8) is 0 Å². The molecule has 25 heavy (non-hydrogen) atoms. The van der Waals surface area contributed by atoms with Crippen molar-refractivity contribution in [3.05, 3.63) is 39.9 Å². The minimum Gasteiger partial charge on any atom is -0.481 e. The van der Waals surface area contributed by atoms with Crippen molar-refractivity contribution in [2.75, 3.05) is 6.61 Å². The van der Waals surface area contributed by atoms with E-state index < -0.39 is 28.3 Å². The smallest absolute Gasteiger partial charge is 0.273 e. The first kappa shape index (κ1) is 19.9. The molecule has 1 aromatic carbocycles. The third-order valence-corrected chi connectivity index (χ3v) is 3.43. The van der Waals surface area contributed by atoms with Crippen molar-refractivity contribution in [2.24, 2.45) is 0 Å². The Kier molecular flexibility index (Phi) is 6.90. The predicted molar refractivity (Wildman–Crippen MR) is 87.6 cm³/mol. The molecule has 1 atom stereocenters. The van der Waals surface area contributed by atoms with Gasteiger partial charge in [-0.15, -0.1) is 5.92 Å². The molecule has 0 aliphatic heterocycles. The summed E-state index contributed by atoms with van der Waals surface area (Å²) in [5, 5.41) is 22.2. The van der Waals surface area contributed by atoms with Gasteiger partial charge in [-0.1, -0.05) is 5.92 Å². The Morgan fingerprint density at radius 3 is 2.44 bits per heavy atom. The van der Waals surface area contributed by atoms with E-state index in [1.807, 2.05) is 0 Å². The molecule has 0 saturated heterocycles. The lowest BCUT2D eigenvalue weighted by Crippen LogP contribution is -2.60. The van der Waals surface area contributed by atoms with Crippen LogP contribution in [0.3, 0.4) is 0 Å². The molecule has 0 aliphatic rings. The molecule has 0 saturated carbocycles. The maximum absolute atomic E-state index is 12.3. The number of carbonyl (C=O) groups is 2. The van der Waals surface area contributed by atoms with E-state index in [9.17, 15) is 19.7 Å². The second kappa shape index (κ2) is 8.65. The summed E-state index contributed by atoms with van der Waals surface area (Å²) in [4.78, 5) is 34.4. The van der Waals surface area contributed by atoms with Crippen LogP contribution < -0.4 is 15.5 Å². The molecule has 0 aromatic heterocycles. The van der Waals surface area contributed by atoms with Gasteiger partial charge in [0.05, 0.1) is 0 Å². The van der Waals surface area contributed by atoms with Crippen LogP contribution in [-0.4, -0.2) is 40.1 Å². The van der Waals surface area contributed by atoms with E-state index in [-0.39, 0.29) is 12.2 Å². The van der Waals surface area contributed by atoms with Crippen LogP contribution in [0.15, 0.2) is 24.3 Å². The minimum absolute atomic E-state index is 0.170. The second-order valence-corrected chi connectivity index (χ2v) is 5.53. The summed E-state index contributed by atoms with van der Waals surface area (Å²) in [6.45, 7) is 4.22. The topological polar surface area (TPSA) is 131 Å². The Morgan fingerprint density at radius 1 is 1.36 bits per heavy atom. The van der Waals surface area contributed by atoms with Gasteiger partial charge in [0, 0.05) is 24.3 Å². The number of amides is 2. The third kappa shape index (κ3) is 5.19. The number of hydrogen-bond donors (Lipinski definition) is 3. The normalized spacial score (nSPS) is 11.5. The van der Waals surface area contributed by atoms with Crippen LogP contribution in [-0.2, 0) is 4.79 Å². The molecule has 0 aliphatic carbocycles. The fourth-order valence-electron chi connectivity index (χ4n) is 1.84. The van der Waals surface area contributed by atoms with Crippen molar-refractivity contribution in [3.8, 4) is 17.6 Å². The number of ether oxygens (including phenoxy) is 1. The van der Waals surface area contributed by atoms with Gasteiger partial charge >= 0.3 is 0 Å². The number of hydroxylamine groups is 1. The maximum atomic E-state index is 12.3. The molecule has 2 amide bonds. The molecule has 0 fully saturated rings. The average molecular weight is 349 g/mol. The summed E-state index contributed by atoms with van der Waals surface area (Å²) in [7, 11) is 0. The standard InChI is InChI=1S/C16H19N3O6/c1-4-5-10-25-12-8-6-11(7-9-12)14(20)17-13(15(21)18-22)16(2,3)19(23)24/h6-9,13,22H,10H2,1-3H3,(H,17,20)(H,18,21)/t13-/m1/s1. The minimum atomic E-state index is -1.83. The zero-order valence-electron chi connectivity index (χ0n) is 14.0. The molecule has 0 unspecified atom stereocenters. The average Bonchev–Trinajstić information content (AvgIpc) is 2.59. The molecule has 1 rings (SSSR count). The van der Waals surface area contributed by atoms with Gasteiger partial charge in [-0.25, -0.2) is 5.48 Å². The Morgan fingerprint density at radius 2 is 1.96 bits per heavy atom. The summed E-state index contributed by atoms with van der Waals surface area (Å²) in [6, 6.07) is 4.38. The van der Waals surface area contributed by atoms with Gasteiger partial charge in [-0.05, 0) is 31.2 Å². The Balaban J connectivity index is 2.91. The monoisotopic (exact) mass is 349 g/mol. The van der Waals surface area contributed by atoms with E-state index in [0.717, 1.165) is 0 Å². The first-order chi connectivity index (χ1) is 11.7. The van der Waals surface area contributed by atoms with Crippen LogP contribution in [0.4, 0.5) is 0 Å². The summed E-state index contributed by atoms with van der Waals surface area (Å²) in [6.07, 6.45) is 0. The van der Waals surface area contributed by atoms with Gasteiger partial charge in [-0.3, -0.25) is 24.9 Å². The molecule has 9 nitrogen and oxygen atoms in total. The lowest BCUT2D eigenvalue weighted by atomic mass is 9.94. The van der Waals surface area contributed by atoms with E-state index in [1.54, 1.807) is 6.92 Å². The van der Waals surface area contributed by atoms with Crippen LogP contribution >= 0.6 is 0 Å². The quantitative estimate of drug-likeness (QED) is 0.288. The number of benzene rings is 1. The Bertz CT molecular complexity index is 703. The van der Waals surface area contributed by atoms with Crippen molar-refractivity contribution in [1.82, 2.24) is 10.8 Å². The fourth-order valence-corrected chi connectivity index (χ4v) is 1.84. The number of hydrogen-bond acceptors (Lipinski definition) is 6. The zero-order chi connectivity index (χ0) is 19.0. The lowest BCUT2D eigenvalue weighted by Gasteiger charge is -2.25. The number of nitrogens with one attached hydrogen (secondary N) is 2. The summed E-state index contributed by atoms with van der Waals surface area (Å²) >= 11 is 0. The van der Waals surface area contributed by atoms with Crippen LogP contribution in [0.5, 0.6) is 5.75 Å². The number of nitrogens with zero attached hydrogens (tertiary/aromatic N) is 1. The summed E-state index contributed by atoms with van der Waals surface area (Å²) in [5.41, 5.74) is -0.329. The van der Waals surface area contributed by atoms with Gasteiger partial charge in [0.25, 0.3) is 11.8 Å². The lowest BCUT2D eigenvalue weighted by molar-refractivity contribution is -0.562. The number of nitro groups is 1. The molecular formula is C16H19N3O6. The SMILES string of the molecule is CC#CCOc1ccc(C(=O)N[C@H](C(=O)NO)C(C)(C)[N+](=O)[O-])cc1. The second-order valence-electron chi connectivity index (χ2n) is 5.53. The highest BCUT2D eigenvalue weighted by molar-refractivity contribution is 5.97. The molecule has 134 valence electrons. The maximum Gasteiger partial charge on any atom is 0.273 e.